The summed E-state index contributed by atoms with van der Waals surface area (Å²) in [6.07, 6.45) is 1.06. The Labute approximate surface area is 148 Å². The Morgan fingerprint density at radius 1 is 1.16 bits per heavy atom. The van der Waals surface area contributed by atoms with Gasteiger partial charge in [0.25, 0.3) is 0 Å². The van der Waals surface area contributed by atoms with Crippen LogP contribution in [0.2, 0.25) is 0 Å². The summed E-state index contributed by atoms with van der Waals surface area (Å²) < 4.78 is 5.16. The second-order valence-corrected chi connectivity index (χ2v) is 6.93. The summed E-state index contributed by atoms with van der Waals surface area (Å²) >= 11 is 0. The average molecular weight is 333 g/mol. The van der Waals surface area contributed by atoms with Crippen molar-refractivity contribution in [3.63, 3.8) is 0 Å². The maximum absolute atomic E-state index is 12.6. The highest BCUT2D eigenvalue weighted by atomic mass is 16.5. The number of allylic oxidation sites excluding steroid dienone is 1. The maximum atomic E-state index is 12.6. The number of hydrogen-bond donors (Lipinski definition) is 0. The first kappa shape index (κ1) is 16.1. The number of piperidine rings is 1. The Balaban J connectivity index is 1.48. The smallest absolute Gasteiger partial charge is 0.176 e. The number of ether oxygens (including phenoxy) is 1. The second-order valence-electron chi connectivity index (χ2n) is 6.93. The van der Waals surface area contributed by atoms with Gasteiger partial charge in [0.2, 0.25) is 0 Å². The number of hydrogen-bond acceptors (Lipinski definition) is 3. The fourth-order valence-electron chi connectivity index (χ4n) is 4.18. The van der Waals surface area contributed by atoms with Crippen LogP contribution in [0.3, 0.4) is 0 Å². The molecule has 3 heteroatoms. The fourth-order valence-corrected chi connectivity index (χ4v) is 4.18. The van der Waals surface area contributed by atoms with Gasteiger partial charge >= 0.3 is 0 Å². The SMILES string of the molecule is COc1ccc(C(=O)CN2CCC3=C(C)c4ccccc4C3C2)cc1. The molecule has 0 amide bonds. The Morgan fingerprint density at radius 3 is 2.68 bits per heavy atom. The Morgan fingerprint density at radius 2 is 1.92 bits per heavy atom. The molecular formula is C22H23NO2. The van der Waals surface area contributed by atoms with E-state index in [2.05, 4.69) is 36.1 Å². The summed E-state index contributed by atoms with van der Waals surface area (Å²) in [5.74, 6) is 1.41. The van der Waals surface area contributed by atoms with E-state index < -0.39 is 0 Å². The topological polar surface area (TPSA) is 29.5 Å². The molecule has 0 bridgehead atoms. The maximum Gasteiger partial charge on any atom is 0.176 e. The normalized spacial score (nSPS) is 19.5. The van der Waals surface area contributed by atoms with Crippen LogP contribution >= 0.6 is 0 Å². The molecule has 1 fully saturated rings. The summed E-state index contributed by atoms with van der Waals surface area (Å²) in [6.45, 7) is 4.62. The van der Waals surface area contributed by atoms with Crippen molar-refractivity contribution < 1.29 is 9.53 Å². The van der Waals surface area contributed by atoms with E-state index in [9.17, 15) is 4.79 Å². The zero-order chi connectivity index (χ0) is 17.4. The molecule has 2 aliphatic rings. The molecule has 1 aliphatic heterocycles. The number of benzene rings is 2. The lowest BCUT2D eigenvalue weighted by atomic mass is 9.89. The first-order chi connectivity index (χ1) is 12.2. The molecule has 0 saturated carbocycles. The molecule has 1 unspecified atom stereocenters. The highest BCUT2D eigenvalue weighted by Gasteiger charge is 2.33. The zero-order valence-corrected chi connectivity index (χ0v) is 14.8. The number of Topliss-reactive ketones (excluding diaryl/α,β-unsaturated/α-hetero) is 1. The molecule has 1 saturated heterocycles. The van der Waals surface area contributed by atoms with Gasteiger partial charge in [-0.25, -0.2) is 0 Å². The molecule has 128 valence electrons. The van der Waals surface area contributed by atoms with Gasteiger partial charge in [0.1, 0.15) is 5.75 Å². The summed E-state index contributed by atoms with van der Waals surface area (Å²) in [4.78, 5) is 14.9. The predicted molar refractivity (Wildman–Crippen MR) is 100 cm³/mol. The number of nitrogens with zero attached hydrogens (tertiary/aromatic N) is 1. The first-order valence-corrected chi connectivity index (χ1v) is 8.86. The molecule has 1 heterocycles. The standard InChI is InChI=1S/C22H23NO2/c1-15-18-5-3-4-6-20(18)21-13-23(12-11-19(15)21)14-22(24)16-7-9-17(25-2)10-8-16/h3-10,21H,11-14H2,1-2H3. The van der Waals surface area contributed by atoms with Crippen molar-refractivity contribution in [2.45, 2.75) is 19.3 Å². The fraction of sp³-hybridized carbons (Fsp3) is 0.318. The van der Waals surface area contributed by atoms with Gasteiger partial charge < -0.3 is 4.74 Å². The lowest BCUT2D eigenvalue weighted by molar-refractivity contribution is 0.0920. The molecule has 3 nitrogen and oxygen atoms in total. The van der Waals surface area contributed by atoms with E-state index in [0.717, 1.165) is 30.8 Å². The first-order valence-electron chi connectivity index (χ1n) is 8.86. The highest BCUT2D eigenvalue weighted by molar-refractivity contribution is 5.97. The third-order valence-corrected chi connectivity index (χ3v) is 5.56. The third-order valence-electron chi connectivity index (χ3n) is 5.56. The van der Waals surface area contributed by atoms with E-state index in [-0.39, 0.29) is 5.78 Å². The van der Waals surface area contributed by atoms with Crippen LogP contribution in [0.25, 0.3) is 5.57 Å². The van der Waals surface area contributed by atoms with E-state index in [1.54, 1.807) is 12.7 Å². The molecule has 0 N–H and O–H groups in total. The van der Waals surface area contributed by atoms with Crippen LogP contribution < -0.4 is 4.74 Å². The number of carbonyl (C=O) groups excluding carboxylic acids is 1. The minimum absolute atomic E-state index is 0.179. The molecule has 1 atom stereocenters. The molecule has 0 aromatic heterocycles. The highest BCUT2D eigenvalue weighted by Crippen LogP contribution is 2.45. The monoisotopic (exact) mass is 333 g/mol. The van der Waals surface area contributed by atoms with E-state index in [4.69, 9.17) is 4.74 Å². The van der Waals surface area contributed by atoms with Crippen LogP contribution in [0.15, 0.2) is 54.1 Å². The largest absolute Gasteiger partial charge is 0.497 e. The van der Waals surface area contributed by atoms with Gasteiger partial charge in [-0.3, -0.25) is 9.69 Å². The summed E-state index contributed by atoms with van der Waals surface area (Å²) in [5, 5.41) is 0. The van der Waals surface area contributed by atoms with Gasteiger partial charge in [-0.1, -0.05) is 29.8 Å². The number of ketones is 1. The van der Waals surface area contributed by atoms with E-state index >= 15 is 0 Å². The van der Waals surface area contributed by atoms with Gasteiger partial charge in [-0.05, 0) is 54.3 Å². The molecule has 0 spiro atoms. The molecule has 25 heavy (non-hydrogen) atoms. The van der Waals surface area contributed by atoms with Crippen LogP contribution in [0, 0.1) is 0 Å². The molecule has 4 rings (SSSR count). The van der Waals surface area contributed by atoms with Crippen molar-refractivity contribution in [2.24, 2.45) is 0 Å². The number of fused-ring (bicyclic) bond motifs is 3. The van der Waals surface area contributed by atoms with Crippen molar-refractivity contribution in [2.75, 3.05) is 26.7 Å². The Bertz CT molecular complexity index is 835. The van der Waals surface area contributed by atoms with Crippen molar-refractivity contribution in [1.29, 1.82) is 0 Å². The average Bonchev–Trinajstić information content (AvgIpc) is 2.94. The minimum Gasteiger partial charge on any atom is -0.497 e. The number of methoxy groups -OCH3 is 1. The van der Waals surface area contributed by atoms with Crippen LogP contribution in [0.4, 0.5) is 0 Å². The van der Waals surface area contributed by atoms with Crippen molar-refractivity contribution in [1.82, 2.24) is 4.90 Å². The van der Waals surface area contributed by atoms with Gasteiger partial charge in [0.15, 0.2) is 5.78 Å². The predicted octanol–water partition coefficient (Wildman–Crippen LogP) is 4.15. The van der Waals surface area contributed by atoms with Crippen LogP contribution in [-0.4, -0.2) is 37.4 Å². The Kier molecular flexibility index (Phi) is 4.18. The van der Waals surface area contributed by atoms with Crippen molar-refractivity contribution in [3.05, 3.63) is 70.8 Å². The minimum atomic E-state index is 0.179. The van der Waals surface area contributed by atoms with Gasteiger partial charge in [-0.15, -0.1) is 0 Å². The van der Waals surface area contributed by atoms with Gasteiger partial charge in [-0.2, -0.15) is 0 Å². The summed E-state index contributed by atoms with van der Waals surface area (Å²) in [7, 11) is 1.64. The summed E-state index contributed by atoms with van der Waals surface area (Å²) in [6, 6.07) is 16.1. The van der Waals surface area contributed by atoms with E-state index in [1.165, 1.54) is 16.7 Å². The number of rotatable bonds is 4. The Hall–Kier alpha value is -2.39. The lowest BCUT2D eigenvalue weighted by Crippen LogP contribution is -2.38. The second kappa shape index (κ2) is 6.49. The zero-order valence-electron chi connectivity index (χ0n) is 14.8. The quantitative estimate of drug-likeness (QED) is 0.787. The van der Waals surface area contributed by atoms with Crippen LogP contribution in [0.5, 0.6) is 5.75 Å². The molecule has 0 radical (unpaired) electrons. The van der Waals surface area contributed by atoms with Crippen LogP contribution in [-0.2, 0) is 0 Å². The van der Waals surface area contributed by atoms with E-state index in [1.807, 2.05) is 24.3 Å². The summed E-state index contributed by atoms with van der Waals surface area (Å²) in [5.41, 5.74) is 6.59. The number of likely N-dealkylation sites (tertiary alicyclic amines) is 1. The van der Waals surface area contributed by atoms with Crippen molar-refractivity contribution in [3.8, 4) is 5.75 Å². The molecule has 2 aromatic carbocycles. The lowest BCUT2D eigenvalue weighted by Gasteiger charge is -2.33. The van der Waals surface area contributed by atoms with Gasteiger partial charge in [0.05, 0.1) is 13.7 Å². The molecule has 2 aromatic rings. The van der Waals surface area contributed by atoms with Crippen molar-refractivity contribution >= 4 is 11.4 Å². The molecular weight excluding hydrogens is 310 g/mol. The number of carbonyl (C=O) groups is 1. The van der Waals surface area contributed by atoms with E-state index in [0.29, 0.717) is 12.5 Å². The molecule has 1 aliphatic carbocycles. The van der Waals surface area contributed by atoms with Gasteiger partial charge in [0, 0.05) is 24.6 Å². The third kappa shape index (κ3) is 2.89. The van der Waals surface area contributed by atoms with Crippen LogP contribution in [0.1, 0.15) is 40.7 Å².